The van der Waals surface area contributed by atoms with Gasteiger partial charge in [0.1, 0.15) is 0 Å². The van der Waals surface area contributed by atoms with E-state index in [0.29, 0.717) is 12.5 Å². The third-order valence-corrected chi connectivity index (χ3v) is 2.91. The highest BCUT2D eigenvalue weighted by Gasteiger charge is 2.16. The van der Waals surface area contributed by atoms with Crippen LogP contribution in [0.2, 0.25) is 0 Å². The minimum atomic E-state index is -0.568. The molecule has 1 N–H and O–H groups in total. The van der Waals surface area contributed by atoms with Crippen molar-refractivity contribution < 1.29 is 4.92 Å². The van der Waals surface area contributed by atoms with E-state index in [1.165, 1.54) is 19.2 Å². The Balaban J connectivity index is 1.81. The molecular weight excluding hydrogens is 210 g/mol. The van der Waals surface area contributed by atoms with Gasteiger partial charge in [-0.15, -0.1) is 0 Å². The van der Waals surface area contributed by atoms with Crippen LogP contribution in [0.1, 0.15) is 19.3 Å². The van der Waals surface area contributed by atoms with Gasteiger partial charge in [-0.05, 0) is 43.2 Å². The Bertz CT molecular complexity index is 359. The van der Waals surface area contributed by atoms with Crippen molar-refractivity contribution in [2.45, 2.75) is 25.8 Å². The Kier molecular flexibility index (Phi) is 3.45. The molecular formula is C9H15N5O2. The van der Waals surface area contributed by atoms with Crippen LogP contribution in [0.25, 0.3) is 0 Å². The Morgan fingerprint density at radius 3 is 2.94 bits per heavy atom. The Morgan fingerprint density at radius 1 is 1.56 bits per heavy atom. The van der Waals surface area contributed by atoms with E-state index in [1.807, 2.05) is 0 Å². The molecule has 1 aliphatic rings. The Hall–Kier alpha value is -1.50. The average molecular weight is 225 g/mol. The normalized spacial score (nSPS) is 17.5. The summed E-state index contributed by atoms with van der Waals surface area (Å²) >= 11 is 0. The molecule has 0 radical (unpaired) electrons. The van der Waals surface area contributed by atoms with Crippen molar-refractivity contribution >= 4 is 5.95 Å². The van der Waals surface area contributed by atoms with Gasteiger partial charge in [0.2, 0.25) is 6.33 Å². The van der Waals surface area contributed by atoms with E-state index >= 15 is 0 Å². The zero-order valence-corrected chi connectivity index (χ0v) is 9.00. The molecule has 0 unspecified atom stereocenters. The van der Waals surface area contributed by atoms with Gasteiger partial charge in [-0.2, -0.15) is 4.68 Å². The van der Waals surface area contributed by atoms with Crippen molar-refractivity contribution in [3.8, 4) is 0 Å². The molecule has 7 heteroatoms. The summed E-state index contributed by atoms with van der Waals surface area (Å²) in [6.07, 6.45) is 4.80. The van der Waals surface area contributed by atoms with Crippen molar-refractivity contribution in [2.24, 2.45) is 5.92 Å². The number of nitro groups is 1. The predicted molar refractivity (Wildman–Crippen MR) is 56.9 cm³/mol. The SMILES string of the molecule is O=[N+]([O-])c1ncn(CCC2CCNCC2)n1. The fourth-order valence-corrected chi connectivity index (χ4v) is 1.96. The standard InChI is InChI=1S/C9H15N5O2/c15-14(16)9-11-7-13(12-9)6-3-8-1-4-10-5-2-8/h7-8,10H,1-6H2. The van der Waals surface area contributed by atoms with Gasteiger partial charge in [0.25, 0.3) is 0 Å². The summed E-state index contributed by atoms with van der Waals surface area (Å²) in [5.74, 6) is 0.384. The average Bonchev–Trinajstić information content (AvgIpc) is 2.76. The molecule has 0 aliphatic carbocycles. The van der Waals surface area contributed by atoms with Crippen LogP contribution in [0, 0.1) is 16.0 Å². The lowest BCUT2D eigenvalue weighted by molar-refractivity contribution is -0.394. The molecule has 0 spiro atoms. The summed E-state index contributed by atoms with van der Waals surface area (Å²) < 4.78 is 1.56. The maximum atomic E-state index is 10.4. The summed E-state index contributed by atoms with van der Waals surface area (Å²) in [7, 11) is 0. The highest BCUT2D eigenvalue weighted by molar-refractivity contribution is 4.96. The van der Waals surface area contributed by atoms with Crippen LogP contribution in [0.15, 0.2) is 6.33 Å². The second-order valence-corrected chi connectivity index (χ2v) is 4.05. The second-order valence-electron chi connectivity index (χ2n) is 4.05. The van der Waals surface area contributed by atoms with Gasteiger partial charge < -0.3 is 15.4 Å². The first-order valence-corrected chi connectivity index (χ1v) is 5.50. The molecule has 1 saturated heterocycles. The van der Waals surface area contributed by atoms with Gasteiger partial charge in [-0.1, -0.05) is 4.98 Å². The third kappa shape index (κ3) is 2.75. The first-order chi connectivity index (χ1) is 7.75. The molecule has 2 heterocycles. The zero-order chi connectivity index (χ0) is 11.4. The minimum Gasteiger partial charge on any atom is -0.390 e. The molecule has 88 valence electrons. The van der Waals surface area contributed by atoms with Crippen molar-refractivity contribution in [1.82, 2.24) is 20.1 Å². The largest absolute Gasteiger partial charge is 0.490 e. The van der Waals surface area contributed by atoms with Crippen molar-refractivity contribution in [2.75, 3.05) is 13.1 Å². The van der Waals surface area contributed by atoms with Gasteiger partial charge in [0.15, 0.2) is 0 Å². The molecule has 0 aromatic carbocycles. The second kappa shape index (κ2) is 5.02. The molecule has 0 saturated carbocycles. The van der Waals surface area contributed by atoms with E-state index < -0.39 is 4.92 Å². The summed E-state index contributed by atoms with van der Waals surface area (Å²) in [5.41, 5.74) is 0. The van der Waals surface area contributed by atoms with Gasteiger partial charge in [-0.3, -0.25) is 0 Å². The lowest BCUT2D eigenvalue weighted by Crippen LogP contribution is -2.28. The molecule has 0 atom stereocenters. The van der Waals surface area contributed by atoms with Crippen molar-refractivity contribution in [3.05, 3.63) is 16.4 Å². The molecule has 0 amide bonds. The summed E-state index contributed by atoms with van der Waals surface area (Å²) in [6.45, 7) is 2.86. The lowest BCUT2D eigenvalue weighted by Gasteiger charge is -2.21. The van der Waals surface area contributed by atoms with E-state index in [0.717, 1.165) is 19.5 Å². The predicted octanol–water partition coefficient (Wildman–Crippen LogP) is 0.576. The summed E-state index contributed by atoms with van der Waals surface area (Å²) in [6, 6.07) is 0. The Labute approximate surface area is 93.0 Å². The number of hydrogen-bond acceptors (Lipinski definition) is 5. The minimum absolute atomic E-state index is 0.315. The van der Waals surface area contributed by atoms with Crippen LogP contribution in [0.5, 0.6) is 0 Å². The van der Waals surface area contributed by atoms with Crippen LogP contribution in [0.4, 0.5) is 5.95 Å². The number of nitrogens with one attached hydrogen (secondary N) is 1. The van der Waals surface area contributed by atoms with E-state index in [2.05, 4.69) is 15.4 Å². The van der Waals surface area contributed by atoms with E-state index in [4.69, 9.17) is 0 Å². The number of rotatable bonds is 4. The van der Waals surface area contributed by atoms with Crippen molar-refractivity contribution in [3.63, 3.8) is 0 Å². The highest BCUT2D eigenvalue weighted by atomic mass is 16.6. The highest BCUT2D eigenvalue weighted by Crippen LogP contribution is 2.16. The molecule has 7 nitrogen and oxygen atoms in total. The first kappa shape index (κ1) is 11.0. The monoisotopic (exact) mass is 225 g/mol. The fourth-order valence-electron chi connectivity index (χ4n) is 1.96. The zero-order valence-electron chi connectivity index (χ0n) is 9.00. The van der Waals surface area contributed by atoms with E-state index in [9.17, 15) is 10.1 Å². The van der Waals surface area contributed by atoms with Crippen LogP contribution < -0.4 is 5.32 Å². The van der Waals surface area contributed by atoms with Gasteiger partial charge in [0.05, 0.1) is 6.54 Å². The van der Waals surface area contributed by atoms with Gasteiger partial charge >= 0.3 is 5.95 Å². The van der Waals surface area contributed by atoms with Gasteiger partial charge in [-0.25, -0.2) is 0 Å². The number of nitrogens with zero attached hydrogens (tertiary/aromatic N) is 4. The molecule has 1 aromatic heterocycles. The first-order valence-electron chi connectivity index (χ1n) is 5.50. The maximum absolute atomic E-state index is 10.4. The maximum Gasteiger partial charge on any atom is 0.490 e. The van der Waals surface area contributed by atoms with Crippen molar-refractivity contribution in [1.29, 1.82) is 0 Å². The number of aromatic nitrogens is 3. The molecule has 16 heavy (non-hydrogen) atoms. The molecule has 1 aliphatic heterocycles. The van der Waals surface area contributed by atoms with Crippen LogP contribution in [-0.4, -0.2) is 32.8 Å². The van der Waals surface area contributed by atoms with E-state index in [-0.39, 0.29) is 5.95 Å². The lowest BCUT2D eigenvalue weighted by atomic mass is 9.95. The molecule has 1 aromatic rings. The fraction of sp³-hybridized carbons (Fsp3) is 0.778. The summed E-state index contributed by atoms with van der Waals surface area (Å²) in [5, 5.41) is 17.5. The molecule has 2 rings (SSSR count). The van der Waals surface area contributed by atoms with Crippen LogP contribution in [0.3, 0.4) is 0 Å². The smallest absolute Gasteiger partial charge is 0.390 e. The Morgan fingerprint density at radius 2 is 2.31 bits per heavy atom. The van der Waals surface area contributed by atoms with Crippen LogP contribution >= 0.6 is 0 Å². The van der Waals surface area contributed by atoms with Gasteiger partial charge in [0, 0.05) is 5.10 Å². The quantitative estimate of drug-likeness (QED) is 0.598. The third-order valence-electron chi connectivity index (χ3n) is 2.91. The summed E-state index contributed by atoms with van der Waals surface area (Å²) in [4.78, 5) is 13.4. The topological polar surface area (TPSA) is 85.9 Å². The molecule has 0 bridgehead atoms. The van der Waals surface area contributed by atoms with E-state index in [1.54, 1.807) is 4.68 Å². The number of piperidine rings is 1. The number of aryl methyl sites for hydroxylation is 1. The molecule has 1 fully saturated rings. The number of hydrogen-bond donors (Lipinski definition) is 1. The van der Waals surface area contributed by atoms with Crippen LogP contribution in [-0.2, 0) is 6.54 Å².